The number of aromatic nitrogens is 1. The van der Waals surface area contributed by atoms with E-state index >= 15 is 0 Å². The number of nitrogens with one attached hydrogen (secondary N) is 1. The number of carbonyl (C=O) groups is 2. The summed E-state index contributed by atoms with van der Waals surface area (Å²) in [5.74, 6) is -1.50. The van der Waals surface area contributed by atoms with Gasteiger partial charge in [0.25, 0.3) is 5.56 Å². The maximum atomic E-state index is 14.7. The Balaban J connectivity index is 1.17. The zero-order chi connectivity index (χ0) is 24.1. The highest BCUT2D eigenvalue weighted by molar-refractivity contribution is 5.96. The van der Waals surface area contributed by atoms with Crippen LogP contribution in [0.2, 0.25) is 0 Å². The van der Waals surface area contributed by atoms with Gasteiger partial charge in [0.1, 0.15) is 11.9 Å². The predicted molar refractivity (Wildman–Crippen MR) is 129 cm³/mol. The normalized spacial score (nSPS) is 17.9. The Morgan fingerprint density at radius 1 is 1.00 bits per heavy atom. The van der Waals surface area contributed by atoms with Gasteiger partial charge >= 0.3 is 5.97 Å². The molecule has 2 aliphatic rings. The van der Waals surface area contributed by atoms with Crippen molar-refractivity contribution in [3.63, 3.8) is 0 Å². The summed E-state index contributed by atoms with van der Waals surface area (Å²) >= 11 is 0. The number of halogens is 1. The van der Waals surface area contributed by atoms with Gasteiger partial charge in [0.05, 0.1) is 17.5 Å². The van der Waals surface area contributed by atoms with Crippen LogP contribution in [0.3, 0.4) is 0 Å². The third-order valence-corrected chi connectivity index (χ3v) is 6.84. The van der Waals surface area contributed by atoms with E-state index in [9.17, 15) is 18.8 Å². The minimum atomic E-state index is -0.675. The van der Waals surface area contributed by atoms with E-state index in [0.717, 1.165) is 16.5 Å². The number of hydrogen-bond acceptors (Lipinski definition) is 4. The van der Waals surface area contributed by atoms with E-state index in [-0.39, 0.29) is 36.2 Å². The Labute approximate surface area is 200 Å². The molecule has 35 heavy (non-hydrogen) atoms. The van der Waals surface area contributed by atoms with Crippen LogP contribution in [0.1, 0.15) is 39.9 Å². The molecular formula is C28H21FN2O4. The van der Waals surface area contributed by atoms with Crippen molar-refractivity contribution in [2.45, 2.75) is 25.0 Å². The molecule has 0 bridgehead atoms. The number of esters is 1. The molecule has 3 heterocycles. The summed E-state index contributed by atoms with van der Waals surface area (Å²) < 4.78 is 21.7. The zero-order valence-corrected chi connectivity index (χ0v) is 18.7. The van der Waals surface area contributed by atoms with Crippen molar-refractivity contribution in [2.24, 2.45) is 0 Å². The topological polar surface area (TPSA) is 77.4 Å². The highest BCUT2D eigenvalue weighted by atomic mass is 19.1. The molecule has 4 aromatic rings. The first-order chi connectivity index (χ1) is 17.0. The zero-order valence-electron chi connectivity index (χ0n) is 18.7. The van der Waals surface area contributed by atoms with Crippen LogP contribution in [0.15, 0.2) is 77.6 Å². The Morgan fingerprint density at radius 2 is 1.80 bits per heavy atom. The maximum Gasteiger partial charge on any atom is 0.339 e. The summed E-state index contributed by atoms with van der Waals surface area (Å²) in [5, 5.41) is 3.64. The lowest BCUT2D eigenvalue weighted by Gasteiger charge is -2.15. The second-order valence-corrected chi connectivity index (χ2v) is 8.95. The van der Waals surface area contributed by atoms with E-state index in [0.29, 0.717) is 28.8 Å². The average Bonchev–Trinajstić information content (AvgIpc) is 3.41. The van der Waals surface area contributed by atoms with Gasteiger partial charge in [-0.1, -0.05) is 42.5 Å². The van der Waals surface area contributed by atoms with Crippen molar-refractivity contribution in [3.8, 4) is 11.1 Å². The van der Waals surface area contributed by atoms with Gasteiger partial charge in [-0.25, -0.2) is 9.18 Å². The van der Waals surface area contributed by atoms with Crippen LogP contribution in [-0.4, -0.2) is 23.0 Å². The molecule has 0 radical (unpaired) electrons. The van der Waals surface area contributed by atoms with Crippen molar-refractivity contribution in [1.82, 2.24) is 9.88 Å². The van der Waals surface area contributed by atoms with Crippen molar-refractivity contribution >= 4 is 22.8 Å². The highest BCUT2D eigenvalue weighted by Gasteiger charge is 2.34. The van der Waals surface area contributed by atoms with Gasteiger partial charge in [-0.3, -0.25) is 9.59 Å². The minimum absolute atomic E-state index is 0.0320. The lowest BCUT2D eigenvalue weighted by Crippen LogP contribution is -2.30. The molecule has 6 rings (SSSR count). The predicted octanol–water partition coefficient (Wildman–Crippen LogP) is 4.32. The smallest absolute Gasteiger partial charge is 0.339 e. The molecule has 0 saturated carbocycles. The highest BCUT2D eigenvalue weighted by Crippen LogP contribution is 2.37. The lowest BCUT2D eigenvalue weighted by atomic mass is 9.96. The van der Waals surface area contributed by atoms with Crippen LogP contribution in [0.4, 0.5) is 4.39 Å². The van der Waals surface area contributed by atoms with E-state index in [1.807, 2.05) is 42.5 Å². The van der Waals surface area contributed by atoms with Gasteiger partial charge in [0.2, 0.25) is 5.91 Å². The van der Waals surface area contributed by atoms with Crippen LogP contribution in [0.25, 0.3) is 22.0 Å². The SMILES string of the molecule is O=C(C[C@@H]1OC(=O)c2cc(-c3ccccc3)ccc21)NC[C@@H]1Cn2c(=O)ccc3ccc(F)c1c32. The minimum Gasteiger partial charge on any atom is -0.453 e. The van der Waals surface area contributed by atoms with E-state index in [2.05, 4.69) is 5.32 Å². The molecule has 0 fully saturated rings. The lowest BCUT2D eigenvalue weighted by molar-refractivity contribution is -0.123. The van der Waals surface area contributed by atoms with Crippen LogP contribution in [0, 0.1) is 5.82 Å². The van der Waals surface area contributed by atoms with Crippen LogP contribution in [-0.2, 0) is 16.1 Å². The Kier molecular flexibility index (Phi) is 4.99. The average molecular weight is 468 g/mol. The Hall–Kier alpha value is -4.26. The number of pyridine rings is 1. The third kappa shape index (κ3) is 3.60. The van der Waals surface area contributed by atoms with E-state index in [4.69, 9.17) is 4.74 Å². The summed E-state index contributed by atoms with van der Waals surface area (Å²) in [5.41, 5.74) is 3.88. The molecule has 7 heteroatoms. The number of carbonyl (C=O) groups excluding carboxylic acids is 2. The van der Waals surface area contributed by atoms with Crippen LogP contribution in [0.5, 0.6) is 0 Å². The molecule has 1 aromatic heterocycles. The summed E-state index contributed by atoms with van der Waals surface area (Å²) in [4.78, 5) is 37.5. The summed E-state index contributed by atoms with van der Waals surface area (Å²) in [6.07, 6.45) is -0.707. The van der Waals surface area contributed by atoms with Gasteiger partial charge in [0.15, 0.2) is 0 Å². The molecule has 0 saturated heterocycles. The van der Waals surface area contributed by atoms with E-state index in [1.54, 1.807) is 22.8 Å². The number of rotatable bonds is 5. The summed E-state index contributed by atoms with van der Waals surface area (Å²) in [7, 11) is 0. The fraction of sp³-hybridized carbons (Fsp3) is 0.179. The number of benzene rings is 3. The molecule has 174 valence electrons. The summed E-state index contributed by atoms with van der Waals surface area (Å²) in [6, 6.07) is 21.5. The van der Waals surface area contributed by atoms with Crippen molar-refractivity contribution in [2.75, 3.05) is 6.54 Å². The molecule has 0 aliphatic carbocycles. The largest absolute Gasteiger partial charge is 0.453 e. The van der Waals surface area contributed by atoms with E-state index in [1.165, 1.54) is 12.1 Å². The molecule has 1 N–H and O–H groups in total. The van der Waals surface area contributed by atoms with Gasteiger partial charge in [0, 0.05) is 36.2 Å². The second kappa shape index (κ2) is 8.20. The van der Waals surface area contributed by atoms with Gasteiger partial charge in [-0.05, 0) is 40.8 Å². The molecule has 3 aromatic carbocycles. The third-order valence-electron chi connectivity index (χ3n) is 6.84. The second-order valence-electron chi connectivity index (χ2n) is 8.95. The van der Waals surface area contributed by atoms with Crippen molar-refractivity contribution in [3.05, 3.63) is 106 Å². The fourth-order valence-corrected chi connectivity index (χ4v) is 5.15. The maximum absolute atomic E-state index is 14.7. The molecule has 0 unspecified atom stereocenters. The quantitative estimate of drug-likeness (QED) is 0.443. The van der Waals surface area contributed by atoms with Gasteiger partial charge < -0.3 is 14.6 Å². The number of hydrogen-bond donors (Lipinski definition) is 1. The molecular weight excluding hydrogens is 447 g/mol. The number of fused-ring (bicyclic) bond motifs is 1. The number of cyclic esters (lactones) is 1. The molecule has 0 spiro atoms. The molecule has 6 nitrogen and oxygen atoms in total. The monoisotopic (exact) mass is 468 g/mol. The Morgan fingerprint density at radius 3 is 2.63 bits per heavy atom. The molecule has 2 atom stereocenters. The first kappa shape index (κ1) is 21.3. The van der Waals surface area contributed by atoms with E-state index < -0.39 is 12.1 Å². The van der Waals surface area contributed by atoms with Gasteiger partial charge in [-0.15, -0.1) is 0 Å². The molecule has 1 amide bonds. The fourth-order valence-electron chi connectivity index (χ4n) is 5.15. The van der Waals surface area contributed by atoms with Gasteiger partial charge in [-0.2, -0.15) is 0 Å². The van der Waals surface area contributed by atoms with Crippen molar-refractivity contribution in [1.29, 1.82) is 0 Å². The number of ether oxygens (including phenoxy) is 1. The summed E-state index contributed by atoms with van der Waals surface area (Å²) in [6.45, 7) is 0.479. The number of amides is 1. The van der Waals surface area contributed by atoms with Crippen LogP contribution < -0.4 is 10.9 Å². The Bertz CT molecular complexity index is 1560. The first-order valence-electron chi connectivity index (χ1n) is 11.5. The standard InChI is InChI=1S/C28H21FN2O4/c29-22-10-7-17-8-11-25(33)31-15-19(26(22)27(17)31)14-30-24(32)13-23-20-9-6-18(12-21(20)28(34)35-23)16-4-2-1-3-5-16/h1-12,19,23H,13-15H2,(H,30,32)/t19-,23+/m1/s1. The van der Waals surface area contributed by atoms with Crippen LogP contribution >= 0.6 is 0 Å². The van der Waals surface area contributed by atoms with Crippen molar-refractivity contribution < 1.29 is 18.7 Å². The first-order valence-corrected chi connectivity index (χ1v) is 11.5. The molecule has 2 aliphatic heterocycles. The number of nitrogens with zero attached hydrogens (tertiary/aromatic N) is 1.